The number of urea groups is 1. The molecule has 3 amide bonds. The first-order valence-electron chi connectivity index (χ1n) is 14.2. The van der Waals surface area contributed by atoms with Gasteiger partial charge in [-0.3, -0.25) is 0 Å². The molecule has 0 aromatic heterocycles. The third-order valence-electron chi connectivity index (χ3n) is 8.05. The molecule has 6 heteroatoms. The molecule has 1 heterocycles. The summed E-state index contributed by atoms with van der Waals surface area (Å²) in [4.78, 5) is 24.8. The van der Waals surface area contributed by atoms with Crippen LogP contribution in [0, 0.1) is 22.7 Å². The van der Waals surface area contributed by atoms with Crippen molar-refractivity contribution in [3.8, 4) is 0 Å². The molecule has 3 fully saturated rings. The van der Waals surface area contributed by atoms with Gasteiger partial charge in [0.15, 0.2) is 0 Å². The molecule has 3 aliphatic rings. The molecule has 0 bridgehead atoms. The van der Waals surface area contributed by atoms with Crippen molar-refractivity contribution in [1.29, 1.82) is 0 Å². The average molecular weight is 494 g/mol. The molecule has 204 valence electrons. The lowest BCUT2D eigenvalue weighted by atomic mass is 9.72. The van der Waals surface area contributed by atoms with E-state index in [1.165, 1.54) is 64.2 Å². The number of ether oxygens (including phenoxy) is 1. The van der Waals surface area contributed by atoms with E-state index in [0.29, 0.717) is 10.8 Å². The molecule has 6 nitrogen and oxygen atoms in total. The molecule has 0 radical (unpaired) electrons. The second-order valence-electron chi connectivity index (χ2n) is 13.8. The number of hydrogen-bond donors (Lipinski definition) is 2. The zero-order valence-corrected chi connectivity index (χ0v) is 23.9. The van der Waals surface area contributed by atoms with E-state index in [-0.39, 0.29) is 12.1 Å². The number of carbonyl (C=O) groups is 2. The lowest BCUT2D eigenvalue weighted by Gasteiger charge is -2.35. The summed E-state index contributed by atoms with van der Waals surface area (Å²) in [6.45, 7) is 18.6. The van der Waals surface area contributed by atoms with E-state index >= 15 is 0 Å². The Bertz CT molecular complexity index is 649. The number of rotatable bonds is 7. The van der Waals surface area contributed by atoms with Crippen LogP contribution in [0.15, 0.2) is 0 Å². The van der Waals surface area contributed by atoms with Gasteiger partial charge < -0.3 is 20.3 Å². The van der Waals surface area contributed by atoms with E-state index in [4.69, 9.17) is 4.74 Å². The summed E-state index contributed by atoms with van der Waals surface area (Å²) in [7, 11) is 0. The molecule has 0 unspecified atom stereocenters. The van der Waals surface area contributed by atoms with Gasteiger partial charge in [0.25, 0.3) is 0 Å². The summed E-state index contributed by atoms with van der Waals surface area (Å²) in [5.74, 6) is 1.64. The molecule has 2 saturated carbocycles. The zero-order valence-electron chi connectivity index (χ0n) is 23.9. The fourth-order valence-corrected chi connectivity index (χ4v) is 5.45. The summed E-state index contributed by atoms with van der Waals surface area (Å²) in [6, 6.07) is 0.139. The minimum absolute atomic E-state index is 0.139. The summed E-state index contributed by atoms with van der Waals surface area (Å²) >= 11 is 0. The van der Waals surface area contributed by atoms with Gasteiger partial charge in [-0.1, -0.05) is 40.5 Å². The topological polar surface area (TPSA) is 70.7 Å². The Kier molecular flexibility index (Phi) is 11.2. The van der Waals surface area contributed by atoms with Gasteiger partial charge in [-0.05, 0) is 101 Å². The van der Waals surface area contributed by atoms with Crippen molar-refractivity contribution >= 4 is 12.1 Å². The van der Waals surface area contributed by atoms with Gasteiger partial charge in [0.05, 0.1) is 0 Å². The Labute approximate surface area is 215 Å². The van der Waals surface area contributed by atoms with Crippen molar-refractivity contribution in [3.63, 3.8) is 0 Å². The first-order valence-corrected chi connectivity index (χ1v) is 14.2. The smallest absolute Gasteiger partial charge is 0.407 e. The number of carbonyl (C=O) groups excluding carboxylic acids is 2. The van der Waals surface area contributed by atoms with E-state index in [2.05, 4.69) is 38.3 Å². The fraction of sp³-hybridized carbons (Fsp3) is 0.931. The monoisotopic (exact) mass is 493 g/mol. The second-order valence-corrected chi connectivity index (χ2v) is 13.8. The maximum absolute atomic E-state index is 11.5. The molecule has 1 aliphatic heterocycles. The molecular formula is C29H55N3O3. The Morgan fingerprint density at radius 1 is 0.971 bits per heavy atom. The van der Waals surface area contributed by atoms with E-state index in [1.807, 2.05) is 25.7 Å². The Hall–Kier alpha value is -1.46. The predicted octanol–water partition coefficient (Wildman–Crippen LogP) is 7.13. The second kappa shape index (κ2) is 13.2. The lowest BCUT2D eigenvalue weighted by Crippen LogP contribution is -2.35. The standard InChI is InChI=1S/C17H33NO2.C12H22N2O/c1-16(2,3)20-15(19)18-13-7-6-8-14-9-11-17(4,5)12-10-14;1-12(2)5-3-10(4-6-12)9-14-8-7-13-11(14)15/h14H,6-13H2,1-5H3,(H,18,19);10H,3-9H2,1-2H3,(H,13,15). The largest absolute Gasteiger partial charge is 0.444 e. The number of nitrogens with zero attached hydrogens (tertiary/aromatic N) is 1. The number of nitrogens with one attached hydrogen (secondary N) is 2. The van der Waals surface area contributed by atoms with E-state index in [0.717, 1.165) is 44.4 Å². The highest BCUT2D eigenvalue weighted by Crippen LogP contribution is 2.40. The molecule has 35 heavy (non-hydrogen) atoms. The van der Waals surface area contributed by atoms with Crippen LogP contribution in [0.1, 0.15) is 119 Å². The summed E-state index contributed by atoms with van der Waals surface area (Å²) in [6.07, 6.45) is 14.0. The highest BCUT2D eigenvalue weighted by Gasteiger charge is 2.30. The normalized spacial score (nSPS) is 22.7. The molecule has 0 spiro atoms. The van der Waals surface area contributed by atoms with Crippen molar-refractivity contribution in [2.45, 2.75) is 125 Å². The van der Waals surface area contributed by atoms with Crippen LogP contribution in [0.4, 0.5) is 9.59 Å². The zero-order chi connectivity index (χ0) is 26.1. The Balaban J connectivity index is 0.000000256. The minimum atomic E-state index is -0.404. The summed E-state index contributed by atoms with van der Waals surface area (Å²) < 4.78 is 5.21. The molecule has 0 aromatic rings. The van der Waals surface area contributed by atoms with Crippen LogP contribution in [0.5, 0.6) is 0 Å². The van der Waals surface area contributed by atoms with Crippen LogP contribution in [0.2, 0.25) is 0 Å². The number of amides is 3. The highest BCUT2D eigenvalue weighted by atomic mass is 16.6. The van der Waals surface area contributed by atoms with Crippen LogP contribution in [0.25, 0.3) is 0 Å². The summed E-state index contributed by atoms with van der Waals surface area (Å²) in [5, 5.41) is 5.69. The third-order valence-corrected chi connectivity index (χ3v) is 8.05. The van der Waals surface area contributed by atoms with Crippen LogP contribution < -0.4 is 10.6 Å². The first kappa shape index (κ1) is 29.8. The van der Waals surface area contributed by atoms with Crippen molar-refractivity contribution in [2.75, 3.05) is 26.2 Å². The number of unbranched alkanes of at least 4 members (excludes halogenated alkanes) is 1. The predicted molar refractivity (Wildman–Crippen MR) is 145 cm³/mol. The van der Waals surface area contributed by atoms with Gasteiger partial charge in [-0.15, -0.1) is 0 Å². The molecule has 2 aliphatic carbocycles. The minimum Gasteiger partial charge on any atom is -0.444 e. The van der Waals surface area contributed by atoms with Gasteiger partial charge in [0.2, 0.25) is 0 Å². The number of hydrogen-bond acceptors (Lipinski definition) is 3. The van der Waals surface area contributed by atoms with Crippen LogP contribution >= 0.6 is 0 Å². The SMILES string of the molecule is CC1(C)CCC(CCCCNC(=O)OC(C)(C)C)CC1.CC1(C)CCC(CN2CCNC2=O)CC1. The Morgan fingerprint density at radius 3 is 2.00 bits per heavy atom. The maximum Gasteiger partial charge on any atom is 0.407 e. The molecule has 1 saturated heterocycles. The summed E-state index contributed by atoms with van der Waals surface area (Å²) in [5.41, 5.74) is 0.692. The van der Waals surface area contributed by atoms with Gasteiger partial charge in [-0.2, -0.15) is 0 Å². The van der Waals surface area contributed by atoms with Gasteiger partial charge in [0.1, 0.15) is 5.60 Å². The van der Waals surface area contributed by atoms with Crippen molar-refractivity contribution in [1.82, 2.24) is 15.5 Å². The van der Waals surface area contributed by atoms with Crippen molar-refractivity contribution in [3.05, 3.63) is 0 Å². The van der Waals surface area contributed by atoms with Gasteiger partial charge >= 0.3 is 12.1 Å². The van der Waals surface area contributed by atoms with Crippen LogP contribution in [-0.4, -0.2) is 48.8 Å². The maximum atomic E-state index is 11.5. The lowest BCUT2D eigenvalue weighted by molar-refractivity contribution is 0.0526. The quantitative estimate of drug-likeness (QED) is 0.371. The fourth-order valence-electron chi connectivity index (χ4n) is 5.45. The highest BCUT2D eigenvalue weighted by molar-refractivity contribution is 5.76. The van der Waals surface area contributed by atoms with Crippen molar-refractivity contribution in [2.24, 2.45) is 22.7 Å². The molecule has 2 N–H and O–H groups in total. The van der Waals surface area contributed by atoms with E-state index in [1.54, 1.807) is 0 Å². The third kappa shape index (κ3) is 12.4. The first-order chi connectivity index (χ1) is 16.2. The molecule has 0 aromatic carbocycles. The van der Waals surface area contributed by atoms with Gasteiger partial charge in [0, 0.05) is 26.2 Å². The molecule has 3 rings (SSSR count). The van der Waals surface area contributed by atoms with E-state index in [9.17, 15) is 9.59 Å². The van der Waals surface area contributed by atoms with E-state index < -0.39 is 5.60 Å². The van der Waals surface area contributed by atoms with Crippen LogP contribution in [-0.2, 0) is 4.74 Å². The van der Waals surface area contributed by atoms with Crippen molar-refractivity contribution < 1.29 is 14.3 Å². The van der Waals surface area contributed by atoms with Crippen LogP contribution in [0.3, 0.4) is 0 Å². The van der Waals surface area contributed by atoms with Gasteiger partial charge in [-0.25, -0.2) is 9.59 Å². The number of alkyl carbamates (subject to hydrolysis) is 1. The Morgan fingerprint density at radius 2 is 1.51 bits per heavy atom. The molecular weight excluding hydrogens is 438 g/mol. The molecule has 0 atom stereocenters. The average Bonchev–Trinajstić information content (AvgIpc) is 3.14.